The van der Waals surface area contributed by atoms with Gasteiger partial charge in [0.05, 0.1) is 19.3 Å². The minimum Gasteiger partial charge on any atom is -0.372 e. The Hall–Kier alpha value is -1.64. The standard InChI is InChI=1S/C19H23NO/c1-3-14-5-7-15(8-6-14)19(20-4-2)16-9-10-17-12-21-13-18(17)11-16/h5-11,19-20H,3-4,12-13H2,1-2H3. The second-order valence-electron chi connectivity index (χ2n) is 5.61. The van der Waals surface area contributed by atoms with E-state index in [1.165, 1.54) is 27.8 Å². The van der Waals surface area contributed by atoms with E-state index in [1.807, 2.05) is 0 Å². The van der Waals surface area contributed by atoms with Crippen LogP contribution < -0.4 is 5.32 Å². The maximum absolute atomic E-state index is 5.53. The fourth-order valence-electron chi connectivity index (χ4n) is 2.95. The van der Waals surface area contributed by atoms with E-state index >= 15 is 0 Å². The first-order valence-electron chi connectivity index (χ1n) is 7.83. The first-order chi connectivity index (χ1) is 10.3. The highest BCUT2D eigenvalue weighted by atomic mass is 16.5. The van der Waals surface area contributed by atoms with Crippen molar-refractivity contribution in [3.8, 4) is 0 Å². The van der Waals surface area contributed by atoms with Crippen LogP contribution >= 0.6 is 0 Å². The van der Waals surface area contributed by atoms with Gasteiger partial charge in [-0.15, -0.1) is 0 Å². The summed E-state index contributed by atoms with van der Waals surface area (Å²) >= 11 is 0. The van der Waals surface area contributed by atoms with Crippen LogP contribution in [0.15, 0.2) is 42.5 Å². The first kappa shape index (κ1) is 14.3. The fourth-order valence-corrected chi connectivity index (χ4v) is 2.95. The van der Waals surface area contributed by atoms with Crippen molar-refractivity contribution in [3.05, 3.63) is 70.3 Å². The molecule has 0 spiro atoms. The van der Waals surface area contributed by atoms with Crippen molar-refractivity contribution < 1.29 is 4.74 Å². The Labute approximate surface area is 127 Å². The van der Waals surface area contributed by atoms with E-state index in [4.69, 9.17) is 4.74 Å². The lowest BCUT2D eigenvalue weighted by Crippen LogP contribution is -2.22. The van der Waals surface area contributed by atoms with Gasteiger partial charge in [-0.3, -0.25) is 0 Å². The van der Waals surface area contributed by atoms with Crippen molar-refractivity contribution in [1.29, 1.82) is 0 Å². The summed E-state index contributed by atoms with van der Waals surface area (Å²) in [6, 6.07) is 15.9. The van der Waals surface area contributed by atoms with E-state index in [1.54, 1.807) is 0 Å². The fraction of sp³-hybridized carbons (Fsp3) is 0.368. The van der Waals surface area contributed by atoms with Crippen LogP contribution in [0.4, 0.5) is 0 Å². The molecule has 0 aromatic heterocycles. The molecule has 1 aliphatic heterocycles. The third-order valence-electron chi connectivity index (χ3n) is 4.21. The summed E-state index contributed by atoms with van der Waals surface area (Å²) in [6.07, 6.45) is 1.09. The third kappa shape index (κ3) is 3.02. The lowest BCUT2D eigenvalue weighted by molar-refractivity contribution is 0.134. The molecular formula is C19H23NO. The molecule has 1 atom stereocenters. The van der Waals surface area contributed by atoms with Gasteiger partial charge < -0.3 is 10.1 Å². The van der Waals surface area contributed by atoms with Gasteiger partial charge in [0, 0.05) is 0 Å². The van der Waals surface area contributed by atoms with Crippen LogP contribution in [0.5, 0.6) is 0 Å². The summed E-state index contributed by atoms with van der Waals surface area (Å²) in [5, 5.41) is 3.60. The van der Waals surface area contributed by atoms with Crippen molar-refractivity contribution >= 4 is 0 Å². The summed E-state index contributed by atoms with van der Waals surface area (Å²) in [4.78, 5) is 0. The van der Waals surface area contributed by atoms with Crippen molar-refractivity contribution in [1.82, 2.24) is 5.32 Å². The van der Waals surface area contributed by atoms with Gasteiger partial charge in [-0.05, 0) is 40.8 Å². The summed E-state index contributed by atoms with van der Waals surface area (Å²) in [6.45, 7) is 6.80. The average molecular weight is 281 g/mol. The van der Waals surface area contributed by atoms with Crippen molar-refractivity contribution in [2.45, 2.75) is 39.5 Å². The molecule has 2 aromatic rings. The van der Waals surface area contributed by atoms with Gasteiger partial charge in [0.1, 0.15) is 0 Å². The van der Waals surface area contributed by atoms with Gasteiger partial charge >= 0.3 is 0 Å². The number of rotatable bonds is 5. The summed E-state index contributed by atoms with van der Waals surface area (Å²) < 4.78 is 5.53. The molecule has 21 heavy (non-hydrogen) atoms. The number of aryl methyl sites for hydroxylation is 1. The van der Waals surface area contributed by atoms with Gasteiger partial charge in [-0.2, -0.15) is 0 Å². The Balaban J connectivity index is 1.93. The molecule has 0 saturated carbocycles. The van der Waals surface area contributed by atoms with Crippen LogP contribution in [0, 0.1) is 0 Å². The van der Waals surface area contributed by atoms with Crippen LogP contribution in [0.25, 0.3) is 0 Å². The molecule has 2 heteroatoms. The van der Waals surface area contributed by atoms with E-state index in [0.717, 1.165) is 26.2 Å². The average Bonchev–Trinajstić information content (AvgIpc) is 3.00. The number of nitrogens with one attached hydrogen (secondary N) is 1. The molecule has 2 nitrogen and oxygen atoms in total. The van der Waals surface area contributed by atoms with E-state index in [2.05, 4.69) is 61.6 Å². The maximum Gasteiger partial charge on any atom is 0.0725 e. The third-order valence-corrected chi connectivity index (χ3v) is 4.21. The molecule has 2 aromatic carbocycles. The van der Waals surface area contributed by atoms with Gasteiger partial charge in [-0.1, -0.05) is 56.3 Å². The Morgan fingerprint density at radius 1 is 0.952 bits per heavy atom. The van der Waals surface area contributed by atoms with Gasteiger partial charge in [-0.25, -0.2) is 0 Å². The molecule has 1 N–H and O–H groups in total. The molecule has 0 amide bonds. The molecule has 0 aliphatic carbocycles. The van der Waals surface area contributed by atoms with E-state index < -0.39 is 0 Å². The zero-order valence-electron chi connectivity index (χ0n) is 12.9. The Kier molecular flexibility index (Phi) is 4.37. The lowest BCUT2D eigenvalue weighted by atomic mass is 9.95. The van der Waals surface area contributed by atoms with E-state index in [9.17, 15) is 0 Å². The lowest BCUT2D eigenvalue weighted by Gasteiger charge is -2.20. The van der Waals surface area contributed by atoms with Crippen LogP contribution in [0.1, 0.15) is 47.7 Å². The van der Waals surface area contributed by atoms with Crippen molar-refractivity contribution in [2.75, 3.05) is 6.54 Å². The Bertz CT molecular complexity index is 603. The summed E-state index contributed by atoms with van der Waals surface area (Å²) in [5.74, 6) is 0. The largest absolute Gasteiger partial charge is 0.372 e. The molecule has 1 aliphatic rings. The van der Waals surface area contributed by atoms with Crippen molar-refractivity contribution in [3.63, 3.8) is 0 Å². The summed E-state index contributed by atoms with van der Waals surface area (Å²) in [7, 11) is 0. The van der Waals surface area contributed by atoms with Gasteiger partial charge in [0.2, 0.25) is 0 Å². The first-order valence-corrected chi connectivity index (χ1v) is 7.83. The molecule has 0 bridgehead atoms. The number of fused-ring (bicyclic) bond motifs is 1. The van der Waals surface area contributed by atoms with E-state index in [-0.39, 0.29) is 6.04 Å². The Morgan fingerprint density at radius 3 is 2.38 bits per heavy atom. The quantitative estimate of drug-likeness (QED) is 0.895. The predicted molar refractivity (Wildman–Crippen MR) is 86.3 cm³/mol. The molecule has 1 heterocycles. The normalized spacial score (nSPS) is 15.0. The topological polar surface area (TPSA) is 21.3 Å². The van der Waals surface area contributed by atoms with Crippen molar-refractivity contribution in [2.24, 2.45) is 0 Å². The van der Waals surface area contributed by atoms with Crippen LogP contribution in [-0.4, -0.2) is 6.54 Å². The highest BCUT2D eigenvalue weighted by molar-refractivity contribution is 5.39. The molecule has 0 fully saturated rings. The Morgan fingerprint density at radius 2 is 1.67 bits per heavy atom. The smallest absolute Gasteiger partial charge is 0.0725 e. The minimum absolute atomic E-state index is 0.256. The number of ether oxygens (including phenoxy) is 1. The maximum atomic E-state index is 5.53. The van der Waals surface area contributed by atoms with Gasteiger partial charge in [0.15, 0.2) is 0 Å². The van der Waals surface area contributed by atoms with Crippen LogP contribution in [0.3, 0.4) is 0 Å². The molecule has 1 unspecified atom stereocenters. The number of benzene rings is 2. The molecular weight excluding hydrogens is 258 g/mol. The number of hydrogen-bond donors (Lipinski definition) is 1. The SMILES string of the molecule is CCNC(c1ccc(CC)cc1)c1ccc2c(c1)COC2. The highest BCUT2D eigenvalue weighted by Crippen LogP contribution is 2.27. The van der Waals surface area contributed by atoms with Crippen LogP contribution in [-0.2, 0) is 24.4 Å². The van der Waals surface area contributed by atoms with E-state index in [0.29, 0.717) is 0 Å². The molecule has 3 rings (SSSR count). The molecule has 110 valence electrons. The summed E-state index contributed by atoms with van der Waals surface area (Å²) in [5.41, 5.74) is 6.70. The highest BCUT2D eigenvalue weighted by Gasteiger charge is 2.17. The predicted octanol–water partition coefficient (Wildman–Crippen LogP) is 3.98. The second-order valence-corrected chi connectivity index (χ2v) is 5.61. The zero-order valence-corrected chi connectivity index (χ0v) is 12.9. The van der Waals surface area contributed by atoms with Crippen LogP contribution in [0.2, 0.25) is 0 Å². The molecule has 0 saturated heterocycles. The van der Waals surface area contributed by atoms with Gasteiger partial charge in [0.25, 0.3) is 0 Å². The minimum atomic E-state index is 0.256. The zero-order chi connectivity index (χ0) is 14.7. The monoisotopic (exact) mass is 281 g/mol. The second kappa shape index (κ2) is 6.42. The molecule has 0 radical (unpaired) electrons. The number of hydrogen-bond acceptors (Lipinski definition) is 2.